The van der Waals surface area contributed by atoms with E-state index in [9.17, 15) is 9.59 Å². The van der Waals surface area contributed by atoms with Crippen LogP contribution in [0.2, 0.25) is 0 Å². The normalized spacial score (nSPS) is 15.5. The molecule has 0 spiro atoms. The van der Waals surface area contributed by atoms with Crippen molar-refractivity contribution in [2.45, 2.75) is 32.6 Å². The maximum Gasteiger partial charge on any atom is 0.321 e. The molecule has 1 aliphatic rings. The Bertz CT molecular complexity index is 1140. The lowest BCUT2D eigenvalue weighted by molar-refractivity contribution is 0.102. The monoisotopic (exact) mass is 457 g/mol. The van der Waals surface area contributed by atoms with Gasteiger partial charge in [0.15, 0.2) is 0 Å². The van der Waals surface area contributed by atoms with E-state index < -0.39 is 0 Å². The minimum absolute atomic E-state index is 0.109. The average Bonchev–Trinajstić information content (AvgIpc) is 2.87. The quantitative estimate of drug-likeness (QED) is 0.473. The molecule has 34 heavy (non-hydrogen) atoms. The zero-order valence-corrected chi connectivity index (χ0v) is 19.7. The van der Waals surface area contributed by atoms with Crippen LogP contribution in [0.25, 0.3) is 0 Å². The maximum atomic E-state index is 12.9. The number of piperidine rings is 1. The number of para-hydroxylation sites is 1. The topological polar surface area (TPSA) is 70.7 Å². The summed E-state index contributed by atoms with van der Waals surface area (Å²) in [5, 5.41) is 5.98. The standard InChI is InChI=1S/C28H31N3O3/c1-3-34-25-15-13-24(14-16-25)29-28(33)31-17-7-11-23(19-31)21-9-6-10-22(18-21)27(32)30-26-12-5-4-8-20(26)2/h4-6,8-10,12-16,18,23H,3,7,11,17,19H2,1-2H3,(H,29,33)(H,30,32)/t23-/m0/s1. The molecule has 3 aromatic rings. The molecule has 1 saturated heterocycles. The molecule has 1 aliphatic heterocycles. The van der Waals surface area contributed by atoms with Crippen molar-refractivity contribution in [1.82, 2.24) is 4.90 Å². The molecule has 1 fully saturated rings. The Balaban J connectivity index is 1.40. The van der Waals surface area contributed by atoms with Crippen molar-refractivity contribution in [2.24, 2.45) is 0 Å². The summed E-state index contributed by atoms with van der Waals surface area (Å²) in [4.78, 5) is 27.6. The number of nitrogens with zero attached hydrogens (tertiary/aromatic N) is 1. The van der Waals surface area contributed by atoms with Gasteiger partial charge < -0.3 is 20.3 Å². The van der Waals surface area contributed by atoms with Crippen molar-refractivity contribution >= 4 is 23.3 Å². The third-order valence-electron chi connectivity index (χ3n) is 6.14. The number of aryl methyl sites for hydroxylation is 1. The number of likely N-dealkylation sites (tertiary alicyclic amines) is 1. The Labute approximate surface area is 200 Å². The molecule has 0 saturated carbocycles. The Morgan fingerprint density at radius 1 is 1.00 bits per heavy atom. The van der Waals surface area contributed by atoms with E-state index in [-0.39, 0.29) is 17.9 Å². The van der Waals surface area contributed by atoms with Crippen molar-refractivity contribution in [3.63, 3.8) is 0 Å². The third-order valence-corrected chi connectivity index (χ3v) is 6.14. The second-order valence-electron chi connectivity index (χ2n) is 8.57. The van der Waals surface area contributed by atoms with Crippen LogP contribution < -0.4 is 15.4 Å². The molecule has 2 N–H and O–H groups in total. The van der Waals surface area contributed by atoms with Gasteiger partial charge in [0, 0.05) is 35.9 Å². The molecule has 0 bridgehead atoms. The number of urea groups is 1. The average molecular weight is 458 g/mol. The molecule has 0 radical (unpaired) electrons. The number of benzene rings is 3. The zero-order chi connectivity index (χ0) is 23.9. The fourth-order valence-corrected chi connectivity index (χ4v) is 4.28. The first kappa shape index (κ1) is 23.4. The number of amides is 3. The van der Waals surface area contributed by atoms with Crippen LogP contribution in [0.4, 0.5) is 16.2 Å². The predicted octanol–water partition coefficient (Wildman–Crippen LogP) is 6.06. The van der Waals surface area contributed by atoms with E-state index in [1.807, 2.05) is 91.5 Å². The van der Waals surface area contributed by atoms with Gasteiger partial charge in [-0.2, -0.15) is 0 Å². The highest BCUT2D eigenvalue weighted by atomic mass is 16.5. The number of rotatable bonds is 6. The van der Waals surface area contributed by atoms with Gasteiger partial charge in [-0.3, -0.25) is 4.79 Å². The highest BCUT2D eigenvalue weighted by Gasteiger charge is 2.25. The highest BCUT2D eigenvalue weighted by molar-refractivity contribution is 6.04. The van der Waals surface area contributed by atoms with Crippen LogP contribution in [0.3, 0.4) is 0 Å². The predicted molar refractivity (Wildman–Crippen MR) is 136 cm³/mol. The molecule has 0 aromatic heterocycles. The van der Waals surface area contributed by atoms with Gasteiger partial charge in [-0.25, -0.2) is 4.79 Å². The molecule has 1 heterocycles. The summed E-state index contributed by atoms with van der Waals surface area (Å²) in [5.41, 5.74) is 4.28. The van der Waals surface area contributed by atoms with Crippen LogP contribution in [0, 0.1) is 6.92 Å². The van der Waals surface area contributed by atoms with Gasteiger partial charge in [0.1, 0.15) is 5.75 Å². The number of anilines is 2. The number of carbonyl (C=O) groups excluding carboxylic acids is 2. The van der Waals surface area contributed by atoms with Crippen molar-refractivity contribution in [3.05, 3.63) is 89.5 Å². The number of hydrogen-bond donors (Lipinski definition) is 2. The SMILES string of the molecule is CCOc1ccc(NC(=O)N2CCC[C@H](c3cccc(C(=O)Nc4ccccc4C)c3)C2)cc1. The van der Waals surface area contributed by atoms with Crippen LogP contribution in [-0.2, 0) is 0 Å². The van der Waals surface area contributed by atoms with E-state index in [0.717, 1.165) is 41.1 Å². The largest absolute Gasteiger partial charge is 0.494 e. The molecule has 4 rings (SSSR count). The lowest BCUT2D eigenvalue weighted by Gasteiger charge is -2.33. The van der Waals surface area contributed by atoms with E-state index in [1.54, 1.807) is 0 Å². The highest BCUT2D eigenvalue weighted by Crippen LogP contribution is 2.28. The fourth-order valence-electron chi connectivity index (χ4n) is 4.28. The summed E-state index contributed by atoms with van der Waals surface area (Å²) in [6.07, 6.45) is 1.90. The maximum absolute atomic E-state index is 12.9. The van der Waals surface area contributed by atoms with Gasteiger partial charge in [-0.15, -0.1) is 0 Å². The van der Waals surface area contributed by atoms with Gasteiger partial charge in [-0.1, -0.05) is 30.3 Å². The van der Waals surface area contributed by atoms with Gasteiger partial charge >= 0.3 is 6.03 Å². The molecule has 6 heteroatoms. The molecule has 6 nitrogen and oxygen atoms in total. The lowest BCUT2D eigenvalue weighted by Crippen LogP contribution is -2.41. The summed E-state index contributed by atoms with van der Waals surface area (Å²) in [5.74, 6) is 0.841. The third kappa shape index (κ3) is 5.76. The van der Waals surface area contributed by atoms with E-state index in [0.29, 0.717) is 25.3 Å². The van der Waals surface area contributed by atoms with Crippen LogP contribution in [0.1, 0.15) is 47.2 Å². The van der Waals surface area contributed by atoms with Crippen molar-refractivity contribution in [2.75, 3.05) is 30.3 Å². The number of nitrogens with one attached hydrogen (secondary N) is 2. The summed E-state index contributed by atoms with van der Waals surface area (Å²) >= 11 is 0. The number of hydrogen-bond acceptors (Lipinski definition) is 3. The van der Waals surface area contributed by atoms with E-state index in [4.69, 9.17) is 4.74 Å². The summed E-state index contributed by atoms with van der Waals surface area (Å²) in [6, 6.07) is 22.8. The minimum Gasteiger partial charge on any atom is -0.494 e. The molecular formula is C28H31N3O3. The van der Waals surface area contributed by atoms with Gasteiger partial charge in [0.05, 0.1) is 6.61 Å². The molecule has 1 atom stereocenters. The Hall–Kier alpha value is -3.80. The first-order valence-electron chi connectivity index (χ1n) is 11.8. The van der Waals surface area contributed by atoms with Gasteiger partial charge in [-0.05, 0) is 80.3 Å². The minimum atomic E-state index is -0.128. The Kier molecular flexibility index (Phi) is 7.48. The smallest absolute Gasteiger partial charge is 0.321 e. The summed E-state index contributed by atoms with van der Waals surface area (Å²) in [7, 11) is 0. The second-order valence-corrected chi connectivity index (χ2v) is 8.57. The zero-order valence-electron chi connectivity index (χ0n) is 19.7. The van der Waals surface area contributed by atoms with E-state index >= 15 is 0 Å². The number of carbonyl (C=O) groups is 2. The van der Waals surface area contributed by atoms with Gasteiger partial charge in [0.2, 0.25) is 0 Å². The lowest BCUT2D eigenvalue weighted by atomic mass is 9.89. The summed E-state index contributed by atoms with van der Waals surface area (Å²) < 4.78 is 5.46. The van der Waals surface area contributed by atoms with Crippen LogP contribution in [-0.4, -0.2) is 36.5 Å². The van der Waals surface area contributed by atoms with Gasteiger partial charge in [0.25, 0.3) is 5.91 Å². The van der Waals surface area contributed by atoms with E-state index in [1.165, 1.54) is 0 Å². The molecule has 176 valence electrons. The van der Waals surface area contributed by atoms with Crippen LogP contribution >= 0.6 is 0 Å². The Morgan fingerprint density at radius 3 is 2.56 bits per heavy atom. The first-order chi connectivity index (χ1) is 16.5. The van der Waals surface area contributed by atoms with Crippen molar-refractivity contribution < 1.29 is 14.3 Å². The second kappa shape index (κ2) is 10.9. The Morgan fingerprint density at radius 2 is 1.79 bits per heavy atom. The van der Waals surface area contributed by atoms with E-state index in [2.05, 4.69) is 10.6 Å². The summed E-state index contributed by atoms with van der Waals surface area (Å²) in [6.45, 7) is 5.85. The molecule has 0 unspecified atom stereocenters. The molecule has 3 aromatic carbocycles. The first-order valence-corrected chi connectivity index (χ1v) is 11.8. The van der Waals surface area contributed by atoms with Crippen molar-refractivity contribution in [3.8, 4) is 5.75 Å². The molecular weight excluding hydrogens is 426 g/mol. The van der Waals surface area contributed by atoms with Crippen LogP contribution in [0.15, 0.2) is 72.8 Å². The molecule has 3 amide bonds. The van der Waals surface area contributed by atoms with Crippen LogP contribution in [0.5, 0.6) is 5.75 Å². The molecule has 0 aliphatic carbocycles. The van der Waals surface area contributed by atoms with Crippen molar-refractivity contribution in [1.29, 1.82) is 0 Å². The fraction of sp³-hybridized carbons (Fsp3) is 0.286. The number of ether oxygens (including phenoxy) is 1.